The topological polar surface area (TPSA) is 118 Å². The van der Waals surface area contributed by atoms with Crippen LogP contribution in [-0.4, -0.2) is 37.9 Å². The number of phenolic OH excluding ortho intramolecular Hbond substituents is 1. The van der Waals surface area contributed by atoms with E-state index in [0.29, 0.717) is 27.8 Å². The van der Waals surface area contributed by atoms with Crippen molar-refractivity contribution < 1.29 is 9.90 Å². The number of aromatic hydroxyl groups is 1. The molecule has 0 aliphatic rings. The molecule has 8 nitrogen and oxygen atoms in total. The number of fused-ring (bicyclic) bond motifs is 2. The van der Waals surface area contributed by atoms with Gasteiger partial charge in [0.1, 0.15) is 22.6 Å². The maximum Gasteiger partial charge on any atom is 0.257 e. The molecule has 5 aromatic rings. The Morgan fingerprint density at radius 3 is 2.53 bits per heavy atom. The Bertz CT molecular complexity index is 1580. The lowest BCUT2D eigenvalue weighted by molar-refractivity contribution is 0.0940. The number of carbonyl (C=O) groups is 1. The highest BCUT2D eigenvalue weighted by atomic mass is 16.3. The number of hydrogen-bond acceptors (Lipinski definition) is 6. The number of nitrogens with two attached hydrogens (primary N) is 1. The highest BCUT2D eigenvalue weighted by Gasteiger charge is 2.25. The first-order chi connectivity index (χ1) is 17.5. The van der Waals surface area contributed by atoms with Gasteiger partial charge in [-0.1, -0.05) is 54.6 Å². The Hall–Kier alpha value is -4.72. The van der Waals surface area contributed by atoms with Gasteiger partial charge in [-0.15, -0.1) is 0 Å². The van der Waals surface area contributed by atoms with Gasteiger partial charge >= 0.3 is 0 Å². The van der Waals surface area contributed by atoms with Crippen molar-refractivity contribution in [2.45, 2.75) is 25.8 Å². The first kappa shape index (κ1) is 23.0. The van der Waals surface area contributed by atoms with Crippen LogP contribution in [0.5, 0.6) is 5.75 Å². The van der Waals surface area contributed by atoms with Crippen molar-refractivity contribution in [2.24, 2.45) is 5.10 Å². The highest BCUT2D eigenvalue weighted by Crippen LogP contribution is 2.28. The van der Waals surface area contributed by atoms with E-state index in [-0.39, 0.29) is 29.1 Å². The number of nitrogen functional groups attached to an aromatic ring is 1. The Labute approximate surface area is 208 Å². The SMILES string of the molecule is C[C@@H](CCc1ccccc1)NC(=O)c1c(N)n(/N=C\c2cccc(O)c2)c2nc3ccccc3nc12. The van der Waals surface area contributed by atoms with Crippen LogP contribution in [0, 0.1) is 0 Å². The summed E-state index contributed by atoms with van der Waals surface area (Å²) in [6, 6.07) is 24.2. The molecule has 180 valence electrons. The second-order valence-corrected chi connectivity index (χ2v) is 8.69. The van der Waals surface area contributed by atoms with Crippen molar-refractivity contribution in [3.63, 3.8) is 0 Å². The minimum atomic E-state index is -0.325. The molecular weight excluding hydrogens is 452 g/mol. The number of carbonyl (C=O) groups excluding carboxylic acids is 1. The molecule has 36 heavy (non-hydrogen) atoms. The third-order valence-corrected chi connectivity index (χ3v) is 5.98. The summed E-state index contributed by atoms with van der Waals surface area (Å²) >= 11 is 0. The quantitative estimate of drug-likeness (QED) is 0.298. The van der Waals surface area contributed by atoms with Crippen molar-refractivity contribution >= 4 is 40.1 Å². The lowest BCUT2D eigenvalue weighted by Crippen LogP contribution is -2.33. The Morgan fingerprint density at radius 1 is 1.06 bits per heavy atom. The Kier molecular flexibility index (Phi) is 6.32. The van der Waals surface area contributed by atoms with Crippen LogP contribution < -0.4 is 11.1 Å². The van der Waals surface area contributed by atoms with E-state index in [0.717, 1.165) is 12.8 Å². The molecule has 0 unspecified atom stereocenters. The number of hydrogen-bond donors (Lipinski definition) is 3. The number of aryl methyl sites for hydroxylation is 1. The zero-order valence-electron chi connectivity index (χ0n) is 19.8. The first-order valence-electron chi connectivity index (χ1n) is 11.7. The van der Waals surface area contributed by atoms with E-state index in [1.165, 1.54) is 10.2 Å². The molecule has 1 amide bonds. The molecule has 0 bridgehead atoms. The smallest absolute Gasteiger partial charge is 0.257 e. The summed E-state index contributed by atoms with van der Waals surface area (Å²) in [5.41, 5.74) is 10.7. The number of aromatic nitrogens is 3. The summed E-state index contributed by atoms with van der Waals surface area (Å²) in [7, 11) is 0. The van der Waals surface area contributed by atoms with Crippen LogP contribution in [-0.2, 0) is 6.42 Å². The Morgan fingerprint density at radius 2 is 1.78 bits per heavy atom. The van der Waals surface area contributed by atoms with Crippen molar-refractivity contribution in [1.82, 2.24) is 20.0 Å². The van der Waals surface area contributed by atoms with Gasteiger partial charge in [0, 0.05) is 6.04 Å². The van der Waals surface area contributed by atoms with Gasteiger partial charge in [0.15, 0.2) is 5.65 Å². The minimum Gasteiger partial charge on any atom is -0.508 e. The molecular formula is C28H26N6O2. The standard InChI is InChI=1S/C28H26N6O2/c1-18(14-15-19-8-3-2-4-9-19)31-28(36)24-25-27(33-23-13-6-5-12-22(23)32-25)34(26(24)29)30-17-20-10-7-11-21(35)16-20/h2-13,16-18,35H,14-15,29H2,1H3,(H,31,36)/b30-17-/t18-/m0/s1. The number of rotatable bonds is 7. The van der Waals surface area contributed by atoms with Crippen LogP contribution in [0.2, 0.25) is 0 Å². The van der Waals surface area contributed by atoms with Crippen molar-refractivity contribution in [1.29, 1.82) is 0 Å². The van der Waals surface area contributed by atoms with E-state index in [9.17, 15) is 9.90 Å². The molecule has 5 rings (SSSR count). The van der Waals surface area contributed by atoms with Gasteiger partial charge in [-0.05, 0) is 55.2 Å². The second kappa shape index (κ2) is 9.87. The number of amides is 1. The molecule has 0 spiro atoms. The molecule has 0 aliphatic heterocycles. The second-order valence-electron chi connectivity index (χ2n) is 8.69. The van der Waals surface area contributed by atoms with E-state index >= 15 is 0 Å². The number of para-hydroxylation sites is 2. The molecule has 0 saturated carbocycles. The van der Waals surface area contributed by atoms with Crippen LogP contribution in [0.3, 0.4) is 0 Å². The number of nitrogens with zero attached hydrogens (tertiary/aromatic N) is 4. The van der Waals surface area contributed by atoms with E-state index in [1.807, 2.05) is 49.4 Å². The fraction of sp³-hybridized carbons (Fsp3) is 0.143. The molecule has 4 N–H and O–H groups in total. The van der Waals surface area contributed by atoms with Gasteiger partial charge in [0.2, 0.25) is 0 Å². The third-order valence-electron chi connectivity index (χ3n) is 5.98. The predicted octanol–water partition coefficient (Wildman–Crippen LogP) is 4.51. The Balaban J connectivity index is 1.50. The first-order valence-corrected chi connectivity index (χ1v) is 11.7. The maximum atomic E-state index is 13.4. The van der Waals surface area contributed by atoms with Crippen LogP contribution in [0.25, 0.3) is 22.2 Å². The molecule has 2 aromatic heterocycles. The molecule has 2 heterocycles. The van der Waals surface area contributed by atoms with Gasteiger partial charge in [-0.2, -0.15) is 9.78 Å². The molecule has 3 aromatic carbocycles. The van der Waals surface area contributed by atoms with E-state index in [4.69, 9.17) is 15.7 Å². The lowest BCUT2D eigenvalue weighted by atomic mass is 10.1. The summed E-state index contributed by atoms with van der Waals surface area (Å²) in [4.78, 5) is 22.8. The van der Waals surface area contributed by atoms with Gasteiger partial charge in [-0.3, -0.25) is 4.79 Å². The summed E-state index contributed by atoms with van der Waals surface area (Å²) in [5.74, 6) is -0.0574. The summed E-state index contributed by atoms with van der Waals surface area (Å²) < 4.78 is 1.42. The summed E-state index contributed by atoms with van der Waals surface area (Å²) in [6.07, 6.45) is 3.17. The molecule has 0 aliphatic carbocycles. The van der Waals surface area contributed by atoms with Crippen molar-refractivity contribution in [3.8, 4) is 5.75 Å². The zero-order chi connectivity index (χ0) is 25.1. The average molecular weight is 479 g/mol. The summed E-state index contributed by atoms with van der Waals surface area (Å²) in [6.45, 7) is 1.97. The normalized spacial score (nSPS) is 12.4. The van der Waals surface area contributed by atoms with E-state index in [1.54, 1.807) is 30.5 Å². The average Bonchev–Trinajstić information content (AvgIpc) is 3.15. The molecule has 0 fully saturated rings. The van der Waals surface area contributed by atoms with Gasteiger partial charge in [0.05, 0.1) is 17.2 Å². The molecule has 0 saturated heterocycles. The molecule has 8 heteroatoms. The fourth-order valence-electron chi connectivity index (χ4n) is 4.11. The van der Waals surface area contributed by atoms with Crippen LogP contribution in [0.1, 0.15) is 34.8 Å². The minimum absolute atomic E-state index is 0.0836. The summed E-state index contributed by atoms with van der Waals surface area (Å²) in [5, 5.41) is 17.3. The van der Waals surface area contributed by atoms with Crippen LogP contribution in [0.4, 0.5) is 5.82 Å². The number of anilines is 1. The van der Waals surface area contributed by atoms with E-state index < -0.39 is 0 Å². The number of nitrogens with one attached hydrogen (secondary N) is 1. The largest absolute Gasteiger partial charge is 0.508 e. The fourth-order valence-corrected chi connectivity index (χ4v) is 4.11. The van der Waals surface area contributed by atoms with Crippen LogP contribution in [0.15, 0.2) is 84.0 Å². The van der Waals surface area contributed by atoms with E-state index in [2.05, 4.69) is 22.6 Å². The van der Waals surface area contributed by atoms with Crippen LogP contribution >= 0.6 is 0 Å². The lowest BCUT2D eigenvalue weighted by Gasteiger charge is -2.14. The van der Waals surface area contributed by atoms with Gasteiger partial charge in [0.25, 0.3) is 5.91 Å². The maximum absolute atomic E-state index is 13.4. The zero-order valence-corrected chi connectivity index (χ0v) is 19.8. The highest BCUT2D eigenvalue weighted by molar-refractivity contribution is 6.10. The van der Waals surface area contributed by atoms with Gasteiger partial charge < -0.3 is 16.2 Å². The molecule has 0 radical (unpaired) electrons. The monoisotopic (exact) mass is 478 g/mol. The van der Waals surface area contributed by atoms with Crippen molar-refractivity contribution in [3.05, 3.63) is 95.6 Å². The third kappa shape index (κ3) is 4.74. The van der Waals surface area contributed by atoms with Gasteiger partial charge in [-0.25, -0.2) is 9.97 Å². The van der Waals surface area contributed by atoms with Crippen molar-refractivity contribution in [2.75, 3.05) is 5.73 Å². The number of phenols is 1. The molecule has 1 atom stereocenters. The number of benzene rings is 3. The predicted molar refractivity (Wildman–Crippen MR) is 142 cm³/mol.